The van der Waals surface area contributed by atoms with Crippen LogP contribution >= 0.6 is 0 Å². The van der Waals surface area contributed by atoms with E-state index in [2.05, 4.69) is 30.9 Å². The average molecular weight is 329 g/mol. The number of alkyl halides is 3. The molecule has 8 nitrogen and oxygen atoms in total. The van der Waals surface area contributed by atoms with E-state index in [1.807, 2.05) is 0 Å². The molecule has 0 radical (unpaired) electrons. The molecule has 2 aromatic rings. The van der Waals surface area contributed by atoms with E-state index in [1.54, 1.807) is 12.1 Å². The third-order valence-electron chi connectivity index (χ3n) is 3.68. The first-order chi connectivity index (χ1) is 10.9. The van der Waals surface area contributed by atoms with E-state index >= 15 is 0 Å². The number of aromatic nitrogens is 6. The zero-order chi connectivity index (χ0) is 16.5. The van der Waals surface area contributed by atoms with Gasteiger partial charge in [-0.3, -0.25) is 5.32 Å². The van der Waals surface area contributed by atoms with Gasteiger partial charge in [0.1, 0.15) is 6.54 Å². The van der Waals surface area contributed by atoms with Gasteiger partial charge in [-0.25, -0.2) is 0 Å². The summed E-state index contributed by atoms with van der Waals surface area (Å²) < 4.78 is 45.1. The van der Waals surface area contributed by atoms with Gasteiger partial charge in [0.15, 0.2) is 5.54 Å². The summed E-state index contributed by atoms with van der Waals surface area (Å²) in [6.07, 6.45) is -4.19. The predicted molar refractivity (Wildman–Crippen MR) is 70.5 cm³/mol. The number of ether oxygens (including phenoxy) is 1. The summed E-state index contributed by atoms with van der Waals surface area (Å²) in [6.45, 7) is 0.329. The molecule has 0 bridgehead atoms. The van der Waals surface area contributed by atoms with Gasteiger partial charge in [0.25, 0.3) is 0 Å². The molecule has 1 aliphatic rings. The molecule has 1 N–H and O–H groups in total. The lowest BCUT2D eigenvalue weighted by molar-refractivity contribution is -0.198. The van der Waals surface area contributed by atoms with Crippen molar-refractivity contribution >= 4 is 0 Å². The minimum atomic E-state index is -4.49. The lowest BCUT2D eigenvalue weighted by Gasteiger charge is -2.28. The fraction of sp³-hybridized carbons (Fsp3) is 0.583. The van der Waals surface area contributed by atoms with Crippen LogP contribution in [0.25, 0.3) is 0 Å². The first-order valence-electron chi connectivity index (χ1n) is 6.91. The van der Waals surface area contributed by atoms with E-state index in [0.717, 1.165) is 4.80 Å². The summed E-state index contributed by atoms with van der Waals surface area (Å²) in [6, 6.07) is 3.22. The van der Waals surface area contributed by atoms with Crippen LogP contribution in [0.2, 0.25) is 0 Å². The predicted octanol–water partition coefficient (Wildman–Crippen LogP) is 0.661. The van der Waals surface area contributed by atoms with E-state index < -0.39 is 11.7 Å². The van der Waals surface area contributed by atoms with Gasteiger partial charge in [-0.15, -0.1) is 20.4 Å². The standard InChI is InChI=1S/C12H14F3N7O/c1-23-9-4-3-8(17-18-9)7-22-20-10(19-21-22)11(12(13,14)15)5-2-6-16-11/h3-4,16H,2,5-7H2,1H3. The maximum atomic E-state index is 13.4. The van der Waals surface area contributed by atoms with Crippen molar-refractivity contribution in [2.24, 2.45) is 0 Å². The van der Waals surface area contributed by atoms with Crippen molar-refractivity contribution < 1.29 is 17.9 Å². The van der Waals surface area contributed by atoms with Crippen molar-refractivity contribution in [2.45, 2.75) is 31.1 Å². The summed E-state index contributed by atoms with van der Waals surface area (Å²) in [5.74, 6) is -0.0314. The SMILES string of the molecule is COc1ccc(Cn2nnc(C3(C(F)(F)F)CCCN3)n2)nn1. The number of nitrogens with zero attached hydrogens (tertiary/aromatic N) is 6. The summed E-state index contributed by atoms with van der Waals surface area (Å²) in [4.78, 5) is 1.07. The van der Waals surface area contributed by atoms with E-state index in [0.29, 0.717) is 18.0 Å². The molecule has 0 amide bonds. The first-order valence-corrected chi connectivity index (χ1v) is 6.91. The number of tetrazole rings is 1. The van der Waals surface area contributed by atoms with Gasteiger partial charge in [0.2, 0.25) is 11.7 Å². The molecule has 11 heteroatoms. The number of nitrogens with one attached hydrogen (secondary N) is 1. The minimum absolute atomic E-state index is 0.0674. The number of hydrogen-bond acceptors (Lipinski definition) is 7. The second-order valence-corrected chi connectivity index (χ2v) is 5.14. The van der Waals surface area contributed by atoms with Gasteiger partial charge in [-0.05, 0) is 30.7 Å². The molecule has 1 saturated heterocycles. The Hall–Kier alpha value is -2.30. The van der Waals surface area contributed by atoms with Gasteiger partial charge in [-0.1, -0.05) is 0 Å². The van der Waals surface area contributed by atoms with E-state index in [1.165, 1.54) is 7.11 Å². The van der Waals surface area contributed by atoms with Crippen LogP contribution in [-0.4, -0.2) is 50.2 Å². The molecule has 0 aromatic carbocycles. The fourth-order valence-corrected chi connectivity index (χ4v) is 2.47. The Bertz CT molecular complexity index is 664. The Kier molecular flexibility index (Phi) is 3.88. The zero-order valence-corrected chi connectivity index (χ0v) is 12.2. The maximum Gasteiger partial charge on any atom is 0.414 e. The molecule has 1 atom stereocenters. The summed E-state index contributed by atoms with van der Waals surface area (Å²) in [5.41, 5.74) is -1.74. The highest BCUT2D eigenvalue weighted by atomic mass is 19.4. The molecule has 2 aromatic heterocycles. The lowest BCUT2D eigenvalue weighted by atomic mass is 9.96. The van der Waals surface area contributed by atoms with Crippen LogP contribution in [0, 0.1) is 0 Å². The second-order valence-electron chi connectivity index (χ2n) is 5.14. The molecule has 124 valence electrons. The Balaban J connectivity index is 1.82. The maximum absolute atomic E-state index is 13.4. The summed E-state index contributed by atoms with van der Waals surface area (Å²) in [5, 5.41) is 21.3. The van der Waals surface area contributed by atoms with Crippen molar-refractivity contribution in [3.8, 4) is 5.88 Å². The van der Waals surface area contributed by atoms with E-state index in [4.69, 9.17) is 4.74 Å². The molecule has 1 aliphatic heterocycles. The van der Waals surface area contributed by atoms with Gasteiger partial charge < -0.3 is 4.74 Å². The lowest BCUT2D eigenvalue weighted by Crippen LogP contribution is -2.50. The quantitative estimate of drug-likeness (QED) is 0.881. The van der Waals surface area contributed by atoms with E-state index in [9.17, 15) is 13.2 Å². The van der Waals surface area contributed by atoms with Crippen LogP contribution in [0.15, 0.2) is 12.1 Å². The van der Waals surface area contributed by atoms with E-state index in [-0.39, 0.29) is 25.3 Å². The highest BCUT2D eigenvalue weighted by Crippen LogP contribution is 2.43. The molecule has 0 aliphatic carbocycles. The van der Waals surface area contributed by atoms with Gasteiger partial charge in [-0.2, -0.15) is 18.0 Å². The van der Waals surface area contributed by atoms with Crippen molar-refractivity contribution in [1.82, 2.24) is 35.7 Å². The number of hydrogen-bond donors (Lipinski definition) is 1. The van der Waals surface area contributed by atoms with Gasteiger partial charge in [0.05, 0.1) is 12.8 Å². The highest BCUT2D eigenvalue weighted by Gasteiger charge is 2.60. The molecule has 1 fully saturated rings. The monoisotopic (exact) mass is 329 g/mol. The Morgan fingerprint density at radius 2 is 2.13 bits per heavy atom. The third-order valence-corrected chi connectivity index (χ3v) is 3.68. The van der Waals surface area contributed by atoms with Crippen LogP contribution in [0.5, 0.6) is 5.88 Å². The van der Waals surface area contributed by atoms with Crippen molar-refractivity contribution in [2.75, 3.05) is 13.7 Å². The van der Waals surface area contributed by atoms with Crippen LogP contribution in [-0.2, 0) is 12.1 Å². The van der Waals surface area contributed by atoms with Gasteiger partial charge >= 0.3 is 6.18 Å². The molecular formula is C12H14F3N7O. The average Bonchev–Trinajstić information content (AvgIpc) is 3.16. The summed E-state index contributed by atoms with van der Waals surface area (Å²) in [7, 11) is 1.46. The molecule has 0 saturated carbocycles. The smallest absolute Gasteiger partial charge is 0.414 e. The zero-order valence-electron chi connectivity index (χ0n) is 12.2. The van der Waals surface area contributed by atoms with Crippen LogP contribution in [0.1, 0.15) is 24.4 Å². The molecular weight excluding hydrogens is 315 g/mol. The van der Waals surface area contributed by atoms with Crippen molar-refractivity contribution in [3.05, 3.63) is 23.7 Å². The Labute approximate surface area is 129 Å². The molecule has 3 rings (SSSR count). The van der Waals surface area contributed by atoms with Crippen LogP contribution in [0.3, 0.4) is 0 Å². The summed E-state index contributed by atoms with van der Waals surface area (Å²) >= 11 is 0. The number of halogens is 3. The first kappa shape index (κ1) is 15.6. The Morgan fingerprint density at radius 1 is 1.30 bits per heavy atom. The molecule has 3 heterocycles. The topological polar surface area (TPSA) is 90.6 Å². The highest BCUT2D eigenvalue weighted by molar-refractivity contribution is 5.13. The largest absolute Gasteiger partial charge is 0.480 e. The normalized spacial score (nSPS) is 21.6. The van der Waals surface area contributed by atoms with Crippen molar-refractivity contribution in [3.63, 3.8) is 0 Å². The Morgan fingerprint density at radius 3 is 2.70 bits per heavy atom. The minimum Gasteiger partial charge on any atom is -0.480 e. The number of methoxy groups -OCH3 is 1. The number of rotatable bonds is 4. The van der Waals surface area contributed by atoms with Crippen LogP contribution < -0.4 is 10.1 Å². The van der Waals surface area contributed by atoms with Crippen LogP contribution in [0.4, 0.5) is 13.2 Å². The molecule has 1 unspecified atom stereocenters. The van der Waals surface area contributed by atoms with Gasteiger partial charge in [0, 0.05) is 6.07 Å². The molecule has 0 spiro atoms. The van der Waals surface area contributed by atoms with Crippen molar-refractivity contribution in [1.29, 1.82) is 0 Å². The third kappa shape index (κ3) is 2.83. The second kappa shape index (κ2) is 5.72. The fourth-order valence-electron chi connectivity index (χ4n) is 2.47. The molecule has 23 heavy (non-hydrogen) atoms.